The Labute approximate surface area is 141 Å². The third-order valence-electron chi connectivity index (χ3n) is 3.15. The standard InChI is InChI=1S/C15H16BrN3O4/c1-23-7-6-12(15(21)22)18-14(20)13-8-19(9-17-13)11-4-2-10(16)3-5-11/h2-5,8-9,12H,6-7H2,1H3,(H,18,20)(H,21,22). The van der Waals surface area contributed by atoms with E-state index in [2.05, 4.69) is 26.2 Å². The zero-order chi connectivity index (χ0) is 16.8. The van der Waals surface area contributed by atoms with E-state index < -0.39 is 17.9 Å². The Bertz CT molecular complexity index is 684. The highest BCUT2D eigenvalue weighted by atomic mass is 79.9. The Morgan fingerprint density at radius 1 is 1.39 bits per heavy atom. The first kappa shape index (κ1) is 17.2. The fraction of sp³-hybridized carbons (Fsp3) is 0.267. The van der Waals surface area contributed by atoms with Gasteiger partial charge in [0.05, 0.1) is 0 Å². The van der Waals surface area contributed by atoms with Crippen molar-refractivity contribution in [3.8, 4) is 5.69 Å². The molecular formula is C15H16BrN3O4. The van der Waals surface area contributed by atoms with Gasteiger partial charge in [-0.15, -0.1) is 0 Å². The molecule has 0 aliphatic carbocycles. The van der Waals surface area contributed by atoms with E-state index in [0.29, 0.717) is 0 Å². The largest absolute Gasteiger partial charge is 0.480 e. The van der Waals surface area contributed by atoms with Gasteiger partial charge in [-0.3, -0.25) is 4.79 Å². The predicted octanol–water partition coefficient (Wildman–Crippen LogP) is 1.85. The number of aromatic nitrogens is 2. The molecule has 0 saturated carbocycles. The number of carboxylic acid groups (broad SMARTS) is 1. The Kier molecular flexibility index (Phi) is 5.89. The first-order valence-corrected chi connectivity index (χ1v) is 7.63. The van der Waals surface area contributed by atoms with Crippen LogP contribution < -0.4 is 5.32 Å². The van der Waals surface area contributed by atoms with Crippen LogP contribution in [0.2, 0.25) is 0 Å². The molecule has 8 heteroatoms. The first-order chi connectivity index (χ1) is 11.0. The molecule has 122 valence electrons. The van der Waals surface area contributed by atoms with Gasteiger partial charge in [-0.1, -0.05) is 15.9 Å². The molecule has 0 bridgehead atoms. The van der Waals surface area contributed by atoms with Crippen molar-refractivity contribution in [3.05, 3.63) is 47.0 Å². The molecule has 0 spiro atoms. The lowest BCUT2D eigenvalue weighted by Crippen LogP contribution is -2.41. The smallest absolute Gasteiger partial charge is 0.326 e. The van der Waals surface area contributed by atoms with Gasteiger partial charge < -0.3 is 19.7 Å². The highest BCUT2D eigenvalue weighted by Crippen LogP contribution is 2.14. The van der Waals surface area contributed by atoms with Gasteiger partial charge in [0.1, 0.15) is 18.1 Å². The molecule has 0 radical (unpaired) electrons. The summed E-state index contributed by atoms with van der Waals surface area (Å²) in [7, 11) is 1.47. The van der Waals surface area contributed by atoms with Gasteiger partial charge in [0.2, 0.25) is 0 Å². The van der Waals surface area contributed by atoms with Crippen LogP contribution in [0.3, 0.4) is 0 Å². The Morgan fingerprint density at radius 3 is 2.70 bits per heavy atom. The van der Waals surface area contributed by atoms with Gasteiger partial charge in [-0.2, -0.15) is 0 Å². The molecule has 1 atom stereocenters. The first-order valence-electron chi connectivity index (χ1n) is 6.84. The van der Waals surface area contributed by atoms with Crippen molar-refractivity contribution >= 4 is 27.8 Å². The molecule has 1 heterocycles. The normalized spacial score (nSPS) is 11.9. The minimum atomic E-state index is -1.11. The van der Waals surface area contributed by atoms with Crippen LogP contribution in [-0.4, -0.2) is 46.3 Å². The maximum Gasteiger partial charge on any atom is 0.326 e. The van der Waals surface area contributed by atoms with Gasteiger partial charge >= 0.3 is 5.97 Å². The maximum absolute atomic E-state index is 12.1. The number of carboxylic acids is 1. The van der Waals surface area contributed by atoms with Gasteiger partial charge in [-0.05, 0) is 24.3 Å². The molecule has 2 aromatic rings. The molecule has 1 unspecified atom stereocenters. The summed E-state index contributed by atoms with van der Waals surface area (Å²) in [6, 6.07) is 6.47. The number of halogens is 1. The lowest BCUT2D eigenvalue weighted by Gasteiger charge is -2.12. The molecule has 2 rings (SSSR count). The molecule has 23 heavy (non-hydrogen) atoms. The lowest BCUT2D eigenvalue weighted by molar-refractivity contribution is -0.139. The van der Waals surface area contributed by atoms with Crippen molar-refractivity contribution in [2.75, 3.05) is 13.7 Å². The average molecular weight is 382 g/mol. The maximum atomic E-state index is 12.1. The second-order valence-electron chi connectivity index (χ2n) is 4.79. The summed E-state index contributed by atoms with van der Waals surface area (Å²) in [5.74, 6) is -1.65. The summed E-state index contributed by atoms with van der Waals surface area (Å²) in [4.78, 5) is 27.3. The monoisotopic (exact) mass is 381 g/mol. The fourth-order valence-corrected chi connectivity index (χ4v) is 2.18. The molecule has 0 aliphatic heterocycles. The summed E-state index contributed by atoms with van der Waals surface area (Å²) < 4.78 is 7.48. The molecule has 7 nitrogen and oxygen atoms in total. The van der Waals surface area contributed by atoms with E-state index in [-0.39, 0.29) is 18.7 Å². The van der Waals surface area contributed by atoms with Gasteiger partial charge in [0.15, 0.2) is 0 Å². The quantitative estimate of drug-likeness (QED) is 0.763. The van der Waals surface area contributed by atoms with Crippen LogP contribution in [0.5, 0.6) is 0 Å². The second-order valence-corrected chi connectivity index (χ2v) is 5.70. The fourth-order valence-electron chi connectivity index (χ4n) is 1.92. The van der Waals surface area contributed by atoms with E-state index in [0.717, 1.165) is 10.2 Å². The van der Waals surface area contributed by atoms with Crippen molar-refractivity contribution in [1.82, 2.24) is 14.9 Å². The van der Waals surface area contributed by atoms with Crippen LogP contribution in [0, 0.1) is 0 Å². The number of ether oxygens (including phenoxy) is 1. The number of carbonyl (C=O) groups is 2. The topological polar surface area (TPSA) is 93.5 Å². The Hall–Kier alpha value is -2.19. The summed E-state index contributed by atoms with van der Waals surface area (Å²) in [5.41, 5.74) is 0.991. The summed E-state index contributed by atoms with van der Waals surface area (Å²) >= 11 is 3.35. The lowest BCUT2D eigenvalue weighted by atomic mass is 10.2. The number of nitrogens with zero attached hydrogens (tertiary/aromatic N) is 2. The van der Waals surface area contributed by atoms with E-state index in [4.69, 9.17) is 9.84 Å². The number of carbonyl (C=O) groups excluding carboxylic acids is 1. The highest BCUT2D eigenvalue weighted by Gasteiger charge is 2.21. The molecule has 0 saturated heterocycles. The molecular weight excluding hydrogens is 366 g/mol. The van der Waals surface area contributed by atoms with Crippen LogP contribution in [0.4, 0.5) is 0 Å². The molecule has 0 fully saturated rings. The van der Waals surface area contributed by atoms with E-state index in [1.54, 1.807) is 10.8 Å². The number of aliphatic carboxylic acids is 1. The summed E-state index contributed by atoms with van der Waals surface area (Å²) in [5, 5.41) is 11.5. The number of benzene rings is 1. The number of methoxy groups -OCH3 is 1. The molecule has 2 N–H and O–H groups in total. The van der Waals surface area contributed by atoms with Crippen molar-refractivity contribution in [1.29, 1.82) is 0 Å². The van der Waals surface area contributed by atoms with Crippen molar-refractivity contribution in [2.24, 2.45) is 0 Å². The van der Waals surface area contributed by atoms with Crippen molar-refractivity contribution in [2.45, 2.75) is 12.5 Å². The molecule has 1 aromatic carbocycles. The number of nitrogens with one attached hydrogen (secondary N) is 1. The second kappa shape index (κ2) is 7.89. The van der Waals surface area contributed by atoms with Crippen LogP contribution in [-0.2, 0) is 9.53 Å². The average Bonchev–Trinajstić information content (AvgIpc) is 3.01. The zero-order valence-electron chi connectivity index (χ0n) is 12.4. The number of imidazole rings is 1. The number of hydrogen-bond acceptors (Lipinski definition) is 4. The van der Waals surface area contributed by atoms with E-state index in [9.17, 15) is 9.59 Å². The van der Waals surface area contributed by atoms with Crippen LogP contribution in [0.1, 0.15) is 16.9 Å². The molecule has 1 amide bonds. The van der Waals surface area contributed by atoms with Gasteiger partial charge in [0, 0.05) is 36.5 Å². The number of amides is 1. The minimum absolute atomic E-state index is 0.150. The Balaban J connectivity index is 2.08. The van der Waals surface area contributed by atoms with E-state index in [1.807, 2.05) is 24.3 Å². The van der Waals surface area contributed by atoms with Gasteiger partial charge in [-0.25, -0.2) is 9.78 Å². The van der Waals surface area contributed by atoms with Gasteiger partial charge in [0.25, 0.3) is 5.91 Å². The minimum Gasteiger partial charge on any atom is -0.480 e. The van der Waals surface area contributed by atoms with E-state index in [1.165, 1.54) is 13.4 Å². The predicted molar refractivity (Wildman–Crippen MR) is 86.6 cm³/mol. The molecule has 0 aliphatic rings. The number of hydrogen-bond donors (Lipinski definition) is 2. The summed E-state index contributed by atoms with van der Waals surface area (Å²) in [6.45, 7) is 0.241. The van der Waals surface area contributed by atoms with Crippen LogP contribution in [0.15, 0.2) is 41.3 Å². The van der Waals surface area contributed by atoms with Crippen molar-refractivity contribution < 1.29 is 19.4 Å². The van der Waals surface area contributed by atoms with Crippen LogP contribution in [0.25, 0.3) is 5.69 Å². The third-order valence-corrected chi connectivity index (χ3v) is 3.68. The molecule has 1 aromatic heterocycles. The van der Waals surface area contributed by atoms with Crippen LogP contribution >= 0.6 is 15.9 Å². The van der Waals surface area contributed by atoms with E-state index >= 15 is 0 Å². The number of rotatable bonds is 7. The third kappa shape index (κ3) is 4.64. The highest BCUT2D eigenvalue weighted by molar-refractivity contribution is 9.10. The summed E-state index contributed by atoms with van der Waals surface area (Å²) in [6.07, 6.45) is 3.24. The Morgan fingerprint density at radius 2 is 2.09 bits per heavy atom. The SMILES string of the molecule is COCCC(NC(=O)c1cn(-c2ccc(Br)cc2)cn1)C(=O)O. The zero-order valence-corrected chi connectivity index (χ0v) is 14.0. The van der Waals surface area contributed by atoms with Crippen molar-refractivity contribution in [3.63, 3.8) is 0 Å².